The molecule has 6 heteroatoms. The van der Waals surface area contributed by atoms with Gasteiger partial charge < -0.3 is 15.1 Å². The first-order chi connectivity index (χ1) is 12.0. The van der Waals surface area contributed by atoms with Gasteiger partial charge in [-0.1, -0.05) is 17.7 Å². The molecule has 2 heterocycles. The smallest absolute Gasteiger partial charge is 0.251 e. The Balaban J connectivity index is 1.63. The summed E-state index contributed by atoms with van der Waals surface area (Å²) in [6.45, 7) is 1.34. The zero-order valence-electron chi connectivity index (χ0n) is 14.4. The van der Waals surface area contributed by atoms with E-state index in [0.717, 1.165) is 29.3 Å². The second kappa shape index (κ2) is 7.57. The number of rotatable bonds is 4. The molecular weight excluding hydrogens is 336 g/mol. The molecule has 0 saturated heterocycles. The molecule has 2 aromatic rings. The normalized spacial score (nSPS) is 14.0. The lowest BCUT2D eigenvalue weighted by Crippen LogP contribution is -2.32. The van der Waals surface area contributed by atoms with Gasteiger partial charge in [0.05, 0.1) is 5.02 Å². The maximum Gasteiger partial charge on any atom is 0.251 e. The molecule has 1 aliphatic heterocycles. The molecule has 0 radical (unpaired) electrons. The van der Waals surface area contributed by atoms with Gasteiger partial charge in [-0.15, -0.1) is 0 Å². The van der Waals surface area contributed by atoms with E-state index in [1.165, 1.54) is 0 Å². The van der Waals surface area contributed by atoms with Crippen LogP contribution < -0.4 is 15.1 Å². The molecule has 0 atom stereocenters. The van der Waals surface area contributed by atoms with Crippen molar-refractivity contribution in [3.8, 4) is 0 Å². The highest BCUT2D eigenvalue weighted by atomic mass is 35.5. The Morgan fingerprint density at radius 3 is 2.60 bits per heavy atom. The summed E-state index contributed by atoms with van der Waals surface area (Å²) in [4.78, 5) is 20.9. The maximum atomic E-state index is 12.4. The SMILES string of the molecule is CN(C)c1ccc(NC(=O)C2=CCN(c3ncccc3Cl)CC2)cc1. The third-order valence-electron chi connectivity index (χ3n) is 4.18. The van der Waals surface area contributed by atoms with Crippen molar-refractivity contribution in [1.29, 1.82) is 0 Å². The van der Waals surface area contributed by atoms with Crippen LogP contribution in [0.1, 0.15) is 6.42 Å². The molecule has 1 N–H and O–H groups in total. The Kier molecular flexibility index (Phi) is 5.24. The molecule has 0 bridgehead atoms. The molecule has 1 aromatic carbocycles. The lowest BCUT2D eigenvalue weighted by molar-refractivity contribution is -0.113. The summed E-state index contributed by atoms with van der Waals surface area (Å²) < 4.78 is 0. The van der Waals surface area contributed by atoms with E-state index in [1.54, 1.807) is 6.20 Å². The monoisotopic (exact) mass is 356 g/mol. The van der Waals surface area contributed by atoms with E-state index in [0.29, 0.717) is 18.0 Å². The zero-order valence-corrected chi connectivity index (χ0v) is 15.1. The highest BCUT2D eigenvalue weighted by Crippen LogP contribution is 2.25. The van der Waals surface area contributed by atoms with Crippen LogP contribution in [-0.2, 0) is 4.79 Å². The van der Waals surface area contributed by atoms with E-state index in [4.69, 9.17) is 11.6 Å². The number of hydrogen-bond acceptors (Lipinski definition) is 4. The molecular formula is C19H21ClN4O. The number of amides is 1. The van der Waals surface area contributed by atoms with Crippen molar-refractivity contribution in [2.45, 2.75) is 6.42 Å². The summed E-state index contributed by atoms with van der Waals surface area (Å²) >= 11 is 6.19. The minimum absolute atomic E-state index is 0.0515. The molecule has 0 spiro atoms. The summed E-state index contributed by atoms with van der Waals surface area (Å²) in [7, 11) is 3.97. The summed E-state index contributed by atoms with van der Waals surface area (Å²) in [5.41, 5.74) is 2.68. The van der Waals surface area contributed by atoms with Gasteiger partial charge in [-0.05, 0) is 42.8 Å². The number of anilines is 3. The van der Waals surface area contributed by atoms with E-state index < -0.39 is 0 Å². The second-order valence-electron chi connectivity index (χ2n) is 6.13. The summed E-state index contributed by atoms with van der Waals surface area (Å²) in [5.74, 6) is 0.712. The predicted molar refractivity (Wildman–Crippen MR) is 104 cm³/mol. The van der Waals surface area contributed by atoms with Gasteiger partial charge in [-0.25, -0.2) is 4.98 Å². The largest absolute Gasteiger partial charge is 0.378 e. The number of carbonyl (C=O) groups excluding carboxylic acids is 1. The van der Waals surface area contributed by atoms with Crippen LogP contribution in [0.5, 0.6) is 0 Å². The minimum Gasteiger partial charge on any atom is -0.378 e. The highest BCUT2D eigenvalue weighted by molar-refractivity contribution is 6.32. The van der Waals surface area contributed by atoms with E-state index in [1.807, 2.05) is 61.5 Å². The Morgan fingerprint density at radius 1 is 1.24 bits per heavy atom. The van der Waals surface area contributed by atoms with Crippen molar-refractivity contribution in [2.75, 3.05) is 42.3 Å². The van der Waals surface area contributed by atoms with E-state index in [2.05, 4.69) is 15.2 Å². The van der Waals surface area contributed by atoms with Gasteiger partial charge in [0.15, 0.2) is 0 Å². The average Bonchev–Trinajstić information content (AvgIpc) is 2.63. The van der Waals surface area contributed by atoms with Crippen molar-refractivity contribution < 1.29 is 4.79 Å². The topological polar surface area (TPSA) is 48.5 Å². The van der Waals surface area contributed by atoms with Gasteiger partial charge in [0, 0.05) is 50.3 Å². The molecule has 1 aliphatic rings. The molecule has 3 rings (SSSR count). The van der Waals surface area contributed by atoms with Crippen LogP contribution in [0, 0.1) is 0 Å². The average molecular weight is 357 g/mol. The number of pyridine rings is 1. The van der Waals surface area contributed by atoms with Gasteiger partial charge >= 0.3 is 0 Å². The number of nitrogens with zero attached hydrogens (tertiary/aromatic N) is 3. The van der Waals surface area contributed by atoms with Gasteiger partial charge in [0.1, 0.15) is 5.82 Å². The predicted octanol–water partition coefficient (Wildman–Crippen LogP) is 3.58. The Bertz CT molecular complexity index is 786. The van der Waals surface area contributed by atoms with Crippen LogP contribution in [0.25, 0.3) is 0 Å². The summed E-state index contributed by atoms with van der Waals surface area (Å²) in [6, 6.07) is 11.4. The third-order valence-corrected chi connectivity index (χ3v) is 4.48. The quantitative estimate of drug-likeness (QED) is 0.909. The first-order valence-electron chi connectivity index (χ1n) is 8.18. The highest BCUT2D eigenvalue weighted by Gasteiger charge is 2.19. The standard InChI is InChI=1S/C19H21ClN4O/c1-23(2)16-7-5-15(6-8-16)22-19(25)14-9-12-24(13-10-14)18-17(20)4-3-11-21-18/h3-9,11H,10,12-13H2,1-2H3,(H,22,25). The van der Waals surface area contributed by atoms with Gasteiger partial charge in [-0.3, -0.25) is 4.79 Å². The number of halogens is 1. The number of nitrogens with one attached hydrogen (secondary N) is 1. The number of carbonyl (C=O) groups is 1. The van der Waals surface area contributed by atoms with Crippen LogP contribution >= 0.6 is 11.6 Å². The molecule has 1 amide bonds. The molecule has 0 unspecified atom stereocenters. The van der Waals surface area contributed by atoms with Crippen molar-refractivity contribution >= 4 is 34.7 Å². The zero-order chi connectivity index (χ0) is 17.8. The summed E-state index contributed by atoms with van der Waals surface area (Å²) in [6.07, 6.45) is 4.33. The molecule has 0 saturated carbocycles. The fourth-order valence-electron chi connectivity index (χ4n) is 2.73. The van der Waals surface area contributed by atoms with Crippen LogP contribution in [-0.4, -0.2) is 38.1 Å². The first kappa shape index (κ1) is 17.3. The fraction of sp³-hybridized carbons (Fsp3) is 0.263. The molecule has 25 heavy (non-hydrogen) atoms. The Hall–Kier alpha value is -2.53. The van der Waals surface area contributed by atoms with Gasteiger partial charge in [-0.2, -0.15) is 0 Å². The molecule has 130 valence electrons. The molecule has 1 aromatic heterocycles. The van der Waals surface area contributed by atoms with Crippen molar-refractivity contribution in [3.63, 3.8) is 0 Å². The second-order valence-corrected chi connectivity index (χ2v) is 6.54. The third kappa shape index (κ3) is 4.12. The number of benzene rings is 1. The fourth-order valence-corrected chi connectivity index (χ4v) is 2.97. The lowest BCUT2D eigenvalue weighted by Gasteiger charge is -2.27. The Labute approximate surface area is 152 Å². The molecule has 0 fully saturated rings. The van der Waals surface area contributed by atoms with Gasteiger partial charge in [0.25, 0.3) is 5.91 Å². The number of hydrogen-bond donors (Lipinski definition) is 1. The lowest BCUT2D eigenvalue weighted by atomic mass is 10.1. The van der Waals surface area contributed by atoms with Crippen LogP contribution in [0.15, 0.2) is 54.2 Å². The minimum atomic E-state index is -0.0515. The molecule has 5 nitrogen and oxygen atoms in total. The molecule has 0 aliphatic carbocycles. The van der Waals surface area contributed by atoms with Crippen LogP contribution in [0.3, 0.4) is 0 Å². The summed E-state index contributed by atoms with van der Waals surface area (Å²) in [5, 5.41) is 3.59. The van der Waals surface area contributed by atoms with Crippen molar-refractivity contribution in [1.82, 2.24) is 4.98 Å². The maximum absolute atomic E-state index is 12.4. The van der Waals surface area contributed by atoms with Crippen LogP contribution in [0.4, 0.5) is 17.2 Å². The number of aromatic nitrogens is 1. The van der Waals surface area contributed by atoms with Crippen LogP contribution in [0.2, 0.25) is 5.02 Å². The first-order valence-corrected chi connectivity index (χ1v) is 8.55. The van der Waals surface area contributed by atoms with Gasteiger partial charge in [0.2, 0.25) is 0 Å². The van der Waals surface area contributed by atoms with E-state index in [9.17, 15) is 4.79 Å². The van der Waals surface area contributed by atoms with E-state index >= 15 is 0 Å². The Morgan fingerprint density at radius 2 is 2.00 bits per heavy atom. The van der Waals surface area contributed by atoms with E-state index in [-0.39, 0.29) is 5.91 Å². The van der Waals surface area contributed by atoms with Crippen molar-refractivity contribution in [2.24, 2.45) is 0 Å². The van der Waals surface area contributed by atoms with Crippen molar-refractivity contribution in [3.05, 3.63) is 59.3 Å².